The summed E-state index contributed by atoms with van der Waals surface area (Å²) in [6.45, 7) is 3.46. The van der Waals surface area contributed by atoms with Crippen LogP contribution in [0.25, 0.3) is 33.2 Å². The molecular weight excluding hydrogens is 498 g/mol. The van der Waals surface area contributed by atoms with Crippen molar-refractivity contribution in [3.05, 3.63) is 105 Å². The van der Waals surface area contributed by atoms with E-state index in [0.717, 1.165) is 27.9 Å². The largest absolute Gasteiger partial charge is 0.451 e. The van der Waals surface area contributed by atoms with Crippen LogP contribution in [0.4, 0.5) is 5.13 Å². The predicted molar refractivity (Wildman–Crippen MR) is 151 cm³/mol. The molecule has 2 aromatic heterocycles. The standard InChI is InChI=1S/C30H25N3O4S/c1-18-8-12-20(13-9-18)24-17-38-30(31-24)32-25(34)16-37-29(36)27-26(21-14-10-19(2)11-15-21)22-6-4-5-7-23(22)28(35)33(27)3/h4-15,17H,16H2,1-3H3,(H,31,32,34). The lowest BCUT2D eigenvalue weighted by Crippen LogP contribution is -2.28. The van der Waals surface area contributed by atoms with Crippen LogP contribution in [0, 0.1) is 13.8 Å². The van der Waals surface area contributed by atoms with Gasteiger partial charge in [-0.05, 0) is 30.9 Å². The van der Waals surface area contributed by atoms with E-state index in [4.69, 9.17) is 4.74 Å². The van der Waals surface area contributed by atoms with Gasteiger partial charge in [-0.2, -0.15) is 0 Å². The highest BCUT2D eigenvalue weighted by Gasteiger charge is 2.23. The summed E-state index contributed by atoms with van der Waals surface area (Å²) in [4.78, 5) is 43.5. The summed E-state index contributed by atoms with van der Waals surface area (Å²) in [5, 5.41) is 6.07. The second-order valence-corrected chi connectivity index (χ2v) is 9.89. The monoisotopic (exact) mass is 523 g/mol. The fraction of sp³-hybridized carbons (Fsp3) is 0.133. The Balaban J connectivity index is 1.39. The molecule has 0 unspecified atom stereocenters. The number of hydrogen-bond acceptors (Lipinski definition) is 6. The van der Waals surface area contributed by atoms with Crippen LogP contribution < -0.4 is 10.9 Å². The second-order valence-electron chi connectivity index (χ2n) is 9.03. The number of carbonyl (C=O) groups is 2. The Bertz CT molecular complexity index is 1720. The third-order valence-corrected chi connectivity index (χ3v) is 7.03. The average Bonchev–Trinajstić information content (AvgIpc) is 3.38. The van der Waals surface area contributed by atoms with Crippen molar-refractivity contribution in [2.45, 2.75) is 13.8 Å². The summed E-state index contributed by atoms with van der Waals surface area (Å²) in [5.41, 5.74) is 5.02. The molecule has 0 atom stereocenters. The van der Waals surface area contributed by atoms with Crippen molar-refractivity contribution < 1.29 is 14.3 Å². The van der Waals surface area contributed by atoms with Crippen LogP contribution in [-0.4, -0.2) is 28.0 Å². The smallest absolute Gasteiger partial charge is 0.356 e. The van der Waals surface area contributed by atoms with Gasteiger partial charge in [-0.1, -0.05) is 77.9 Å². The van der Waals surface area contributed by atoms with Crippen molar-refractivity contribution in [2.75, 3.05) is 11.9 Å². The highest BCUT2D eigenvalue weighted by molar-refractivity contribution is 7.14. The molecule has 5 aromatic rings. The minimum absolute atomic E-state index is 0.0845. The maximum atomic E-state index is 13.3. The number of fused-ring (bicyclic) bond motifs is 1. The predicted octanol–water partition coefficient (Wildman–Crippen LogP) is 5.74. The Labute approximate surface area is 223 Å². The van der Waals surface area contributed by atoms with Crippen LogP contribution in [-0.2, 0) is 16.6 Å². The molecule has 0 aliphatic carbocycles. The number of anilines is 1. The first kappa shape index (κ1) is 25.1. The van der Waals surface area contributed by atoms with Crippen molar-refractivity contribution in [2.24, 2.45) is 7.05 Å². The molecule has 0 radical (unpaired) electrons. The molecule has 0 saturated carbocycles. The zero-order chi connectivity index (χ0) is 26.8. The number of amides is 1. The molecule has 0 fully saturated rings. The number of carbonyl (C=O) groups excluding carboxylic acids is 2. The topological polar surface area (TPSA) is 90.3 Å². The lowest BCUT2D eigenvalue weighted by Gasteiger charge is -2.17. The Kier molecular flexibility index (Phi) is 6.89. The molecule has 0 aliphatic rings. The van der Waals surface area contributed by atoms with Crippen LogP contribution in [0.15, 0.2) is 83.0 Å². The van der Waals surface area contributed by atoms with Crippen molar-refractivity contribution in [3.63, 3.8) is 0 Å². The third-order valence-electron chi connectivity index (χ3n) is 6.27. The zero-order valence-corrected chi connectivity index (χ0v) is 22.0. The van der Waals surface area contributed by atoms with Crippen LogP contribution in [0.5, 0.6) is 0 Å². The minimum atomic E-state index is -0.763. The van der Waals surface area contributed by atoms with E-state index in [1.807, 2.05) is 79.9 Å². The molecule has 8 heteroatoms. The Hall–Kier alpha value is -4.56. The number of aromatic nitrogens is 2. The van der Waals surface area contributed by atoms with E-state index in [1.54, 1.807) is 12.1 Å². The molecule has 3 aromatic carbocycles. The maximum Gasteiger partial charge on any atom is 0.356 e. The number of ether oxygens (including phenoxy) is 1. The first-order valence-electron chi connectivity index (χ1n) is 12.0. The van der Waals surface area contributed by atoms with Crippen LogP contribution >= 0.6 is 11.3 Å². The van der Waals surface area contributed by atoms with Gasteiger partial charge in [0, 0.05) is 28.9 Å². The van der Waals surface area contributed by atoms with Crippen molar-refractivity contribution >= 4 is 39.1 Å². The molecule has 0 spiro atoms. The number of hydrogen-bond donors (Lipinski definition) is 1. The van der Waals surface area contributed by atoms with E-state index in [1.165, 1.54) is 23.0 Å². The molecule has 2 heterocycles. The number of aryl methyl sites for hydroxylation is 2. The number of rotatable bonds is 6. The van der Waals surface area contributed by atoms with E-state index >= 15 is 0 Å². The molecule has 1 N–H and O–H groups in total. The zero-order valence-electron chi connectivity index (χ0n) is 21.1. The Morgan fingerprint density at radius 2 is 1.50 bits per heavy atom. The van der Waals surface area contributed by atoms with Gasteiger partial charge in [-0.3, -0.25) is 14.9 Å². The minimum Gasteiger partial charge on any atom is -0.451 e. The molecule has 0 bridgehead atoms. The lowest BCUT2D eigenvalue weighted by molar-refractivity contribution is -0.119. The average molecular weight is 524 g/mol. The highest BCUT2D eigenvalue weighted by Crippen LogP contribution is 2.31. The quantitative estimate of drug-likeness (QED) is 0.287. The first-order valence-corrected chi connectivity index (χ1v) is 12.9. The van der Waals surface area contributed by atoms with E-state index in [-0.39, 0.29) is 11.3 Å². The molecule has 0 aliphatic heterocycles. The number of nitrogens with one attached hydrogen (secondary N) is 1. The molecule has 1 amide bonds. The highest BCUT2D eigenvalue weighted by atomic mass is 32.1. The third kappa shape index (κ3) is 4.99. The fourth-order valence-corrected chi connectivity index (χ4v) is 5.00. The van der Waals surface area contributed by atoms with Crippen molar-refractivity contribution in [1.82, 2.24) is 9.55 Å². The maximum absolute atomic E-state index is 13.3. The van der Waals surface area contributed by atoms with Gasteiger partial charge >= 0.3 is 5.97 Å². The number of benzene rings is 3. The van der Waals surface area contributed by atoms with Crippen LogP contribution in [0.3, 0.4) is 0 Å². The summed E-state index contributed by atoms with van der Waals surface area (Å²) >= 11 is 1.29. The van der Waals surface area contributed by atoms with Crippen LogP contribution in [0.2, 0.25) is 0 Å². The van der Waals surface area contributed by atoms with Gasteiger partial charge < -0.3 is 9.30 Å². The molecule has 0 saturated heterocycles. The van der Waals surface area contributed by atoms with E-state index in [9.17, 15) is 14.4 Å². The summed E-state index contributed by atoms with van der Waals surface area (Å²) in [6, 6.07) is 22.8. The van der Waals surface area contributed by atoms with Gasteiger partial charge in [0.15, 0.2) is 11.7 Å². The fourth-order valence-electron chi connectivity index (χ4n) is 4.26. The number of esters is 1. The number of nitrogens with zero attached hydrogens (tertiary/aromatic N) is 2. The van der Waals surface area contributed by atoms with Crippen molar-refractivity contribution in [1.29, 1.82) is 0 Å². The SMILES string of the molecule is Cc1ccc(-c2csc(NC(=O)COC(=O)c3c(-c4ccc(C)cc4)c4ccccc4c(=O)n3C)n2)cc1. The van der Waals surface area contributed by atoms with Gasteiger partial charge in [0.2, 0.25) is 0 Å². The number of thiazole rings is 1. The normalized spacial score (nSPS) is 10.9. The van der Waals surface area contributed by atoms with E-state index in [2.05, 4.69) is 10.3 Å². The van der Waals surface area contributed by atoms with Gasteiger partial charge in [0.05, 0.1) is 5.69 Å². The molecule has 5 rings (SSSR count). The first-order chi connectivity index (χ1) is 18.3. The van der Waals surface area contributed by atoms with Gasteiger partial charge in [0.1, 0.15) is 5.69 Å². The Morgan fingerprint density at radius 3 is 2.16 bits per heavy atom. The summed E-state index contributed by atoms with van der Waals surface area (Å²) in [5.74, 6) is -1.29. The van der Waals surface area contributed by atoms with Gasteiger partial charge in [-0.25, -0.2) is 9.78 Å². The number of pyridine rings is 1. The Morgan fingerprint density at radius 1 is 0.895 bits per heavy atom. The van der Waals surface area contributed by atoms with Crippen LogP contribution in [0.1, 0.15) is 21.6 Å². The lowest BCUT2D eigenvalue weighted by atomic mass is 9.96. The van der Waals surface area contributed by atoms with Gasteiger partial charge in [-0.15, -0.1) is 11.3 Å². The summed E-state index contributed by atoms with van der Waals surface area (Å²) < 4.78 is 6.69. The van der Waals surface area contributed by atoms with E-state index < -0.39 is 18.5 Å². The second kappa shape index (κ2) is 10.4. The summed E-state index contributed by atoms with van der Waals surface area (Å²) in [7, 11) is 1.53. The van der Waals surface area contributed by atoms with Crippen molar-refractivity contribution in [3.8, 4) is 22.4 Å². The molecule has 38 heavy (non-hydrogen) atoms. The van der Waals surface area contributed by atoms with Gasteiger partial charge in [0.25, 0.3) is 11.5 Å². The summed E-state index contributed by atoms with van der Waals surface area (Å²) in [6.07, 6.45) is 0. The molecule has 190 valence electrons. The molecule has 7 nitrogen and oxygen atoms in total. The molecular formula is C30H25N3O4S. The van der Waals surface area contributed by atoms with E-state index in [0.29, 0.717) is 21.5 Å².